The Morgan fingerprint density at radius 3 is 2.82 bits per heavy atom. The van der Waals surface area contributed by atoms with E-state index in [0.29, 0.717) is 10.2 Å². The van der Waals surface area contributed by atoms with Gasteiger partial charge in [-0.05, 0) is 28.1 Å². The zero-order valence-corrected chi connectivity index (χ0v) is 10.1. The molecule has 1 aromatic carbocycles. The van der Waals surface area contributed by atoms with Gasteiger partial charge in [-0.1, -0.05) is 12.1 Å². The lowest BCUT2D eigenvalue weighted by molar-refractivity contribution is 0.418. The molecular formula is C10H8BrFN4O. The molecule has 0 aliphatic heterocycles. The number of hydrogen-bond donors (Lipinski definition) is 2. The molecule has 0 fully saturated rings. The fourth-order valence-electron chi connectivity index (χ4n) is 1.12. The Labute approximate surface area is 105 Å². The number of aromatic nitrogens is 2. The van der Waals surface area contributed by atoms with Gasteiger partial charge < -0.3 is 4.74 Å². The van der Waals surface area contributed by atoms with Crippen molar-refractivity contribution in [3.63, 3.8) is 0 Å². The van der Waals surface area contributed by atoms with E-state index in [1.54, 1.807) is 18.2 Å². The van der Waals surface area contributed by atoms with E-state index >= 15 is 0 Å². The number of nitrogens with one attached hydrogen (secondary N) is 1. The van der Waals surface area contributed by atoms with Gasteiger partial charge in [0.05, 0.1) is 10.7 Å². The van der Waals surface area contributed by atoms with Crippen molar-refractivity contribution in [1.29, 1.82) is 0 Å². The molecule has 1 aromatic heterocycles. The molecule has 2 rings (SSSR count). The highest BCUT2D eigenvalue weighted by molar-refractivity contribution is 9.10. The van der Waals surface area contributed by atoms with E-state index in [1.165, 1.54) is 0 Å². The minimum absolute atomic E-state index is 0.0773. The van der Waals surface area contributed by atoms with Crippen molar-refractivity contribution >= 4 is 21.9 Å². The topological polar surface area (TPSA) is 73.1 Å². The molecule has 2 aromatic rings. The second-order valence-electron chi connectivity index (χ2n) is 3.02. The zero-order chi connectivity index (χ0) is 12.3. The smallest absolute Gasteiger partial charge is 0.260 e. The van der Waals surface area contributed by atoms with Gasteiger partial charge in [-0.15, -0.1) is 0 Å². The second-order valence-corrected chi connectivity index (χ2v) is 3.88. The number of ether oxygens (including phenoxy) is 1. The van der Waals surface area contributed by atoms with Gasteiger partial charge in [-0.3, -0.25) is 5.43 Å². The van der Waals surface area contributed by atoms with Crippen molar-refractivity contribution in [2.45, 2.75) is 0 Å². The molecule has 88 valence electrons. The molecule has 0 saturated heterocycles. The number of halogens is 2. The van der Waals surface area contributed by atoms with E-state index in [1.807, 2.05) is 6.07 Å². The minimum atomic E-state index is -0.667. The normalized spacial score (nSPS) is 10.1. The van der Waals surface area contributed by atoms with Gasteiger partial charge in [0.15, 0.2) is 0 Å². The summed E-state index contributed by atoms with van der Waals surface area (Å²) in [6.07, 6.45) is 0.981. The van der Waals surface area contributed by atoms with Crippen LogP contribution in [0.3, 0.4) is 0 Å². The van der Waals surface area contributed by atoms with Crippen LogP contribution in [0.25, 0.3) is 0 Å². The summed E-state index contributed by atoms with van der Waals surface area (Å²) >= 11 is 3.28. The molecule has 17 heavy (non-hydrogen) atoms. The molecule has 0 saturated carbocycles. The molecule has 1 heterocycles. The number of para-hydroxylation sites is 1. The van der Waals surface area contributed by atoms with E-state index in [-0.39, 0.29) is 11.8 Å². The average molecular weight is 299 g/mol. The van der Waals surface area contributed by atoms with E-state index in [0.717, 1.165) is 6.20 Å². The molecule has 3 N–H and O–H groups in total. The summed E-state index contributed by atoms with van der Waals surface area (Å²) in [5, 5.41) is 0. The highest BCUT2D eigenvalue weighted by Crippen LogP contribution is 2.29. The van der Waals surface area contributed by atoms with Crippen LogP contribution in [-0.4, -0.2) is 9.97 Å². The maximum absolute atomic E-state index is 13.4. The monoisotopic (exact) mass is 298 g/mol. The molecule has 0 radical (unpaired) electrons. The van der Waals surface area contributed by atoms with E-state index in [4.69, 9.17) is 10.6 Å². The number of rotatable bonds is 3. The number of hydrogen-bond acceptors (Lipinski definition) is 5. The first-order chi connectivity index (χ1) is 8.20. The molecule has 0 aliphatic carbocycles. The van der Waals surface area contributed by atoms with Crippen LogP contribution in [0.1, 0.15) is 0 Å². The Balaban J connectivity index is 2.32. The Morgan fingerprint density at radius 2 is 2.12 bits per heavy atom. The average Bonchev–Trinajstić information content (AvgIpc) is 2.35. The second kappa shape index (κ2) is 5.07. The van der Waals surface area contributed by atoms with Gasteiger partial charge in [0.1, 0.15) is 5.75 Å². The summed E-state index contributed by atoms with van der Waals surface area (Å²) in [7, 11) is 0. The van der Waals surface area contributed by atoms with Gasteiger partial charge in [-0.25, -0.2) is 10.8 Å². The number of anilines is 1. The summed E-state index contributed by atoms with van der Waals surface area (Å²) in [5.74, 6) is 4.80. The van der Waals surface area contributed by atoms with Gasteiger partial charge in [0.2, 0.25) is 11.8 Å². The number of benzene rings is 1. The molecule has 7 heteroatoms. The van der Waals surface area contributed by atoms with Crippen LogP contribution in [0.2, 0.25) is 0 Å². The minimum Gasteiger partial charge on any atom is -0.435 e. The van der Waals surface area contributed by atoms with Gasteiger partial charge in [0, 0.05) is 0 Å². The molecule has 0 aliphatic rings. The van der Waals surface area contributed by atoms with Gasteiger partial charge in [0.25, 0.3) is 5.88 Å². The third-order valence-corrected chi connectivity index (χ3v) is 2.54. The SMILES string of the molecule is NNc1ncc(F)c(Oc2ccccc2Br)n1. The maximum Gasteiger partial charge on any atom is 0.260 e. The predicted molar refractivity (Wildman–Crippen MR) is 64.0 cm³/mol. The molecule has 0 amide bonds. The Hall–Kier alpha value is -1.73. The van der Waals surface area contributed by atoms with E-state index < -0.39 is 5.82 Å². The molecular weight excluding hydrogens is 291 g/mol. The number of nitrogens with zero attached hydrogens (tertiary/aromatic N) is 2. The predicted octanol–water partition coefficient (Wildman–Crippen LogP) is 2.46. The lowest BCUT2D eigenvalue weighted by Crippen LogP contribution is -2.11. The quantitative estimate of drug-likeness (QED) is 0.673. The zero-order valence-electron chi connectivity index (χ0n) is 8.52. The largest absolute Gasteiger partial charge is 0.435 e. The summed E-state index contributed by atoms with van der Waals surface area (Å²) in [6, 6.07) is 7.04. The molecule has 0 bridgehead atoms. The Morgan fingerprint density at radius 1 is 1.35 bits per heavy atom. The third kappa shape index (κ3) is 2.69. The van der Waals surface area contributed by atoms with Crippen LogP contribution >= 0.6 is 15.9 Å². The van der Waals surface area contributed by atoms with Crippen LogP contribution in [0.5, 0.6) is 11.6 Å². The fourth-order valence-corrected chi connectivity index (χ4v) is 1.49. The van der Waals surface area contributed by atoms with Crippen molar-refractivity contribution in [3.8, 4) is 11.6 Å². The molecule has 0 atom stereocenters. The van der Waals surface area contributed by atoms with Crippen LogP contribution in [0.15, 0.2) is 34.9 Å². The number of nitrogens with two attached hydrogens (primary N) is 1. The maximum atomic E-state index is 13.4. The van der Waals surface area contributed by atoms with Crippen molar-refractivity contribution in [1.82, 2.24) is 9.97 Å². The Bertz CT molecular complexity index is 537. The van der Waals surface area contributed by atoms with Crippen molar-refractivity contribution in [2.75, 3.05) is 5.43 Å². The number of hydrazine groups is 1. The third-order valence-electron chi connectivity index (χ3n) is 1.88. The number of nitrogen functional groups attached to an aromatic ring is 1. The van der Waals surface area contributed by atoms with Gasteiger partial charge in [-0.2, -0.15) is 9.37 Å². The van der Waals surface area contributed by atoms with Crippen LogP contribution < -0.4 is 16.0 Å². The summed E-state index contributed by atoms with van der Waals surface area (Å²) < 4.78 is 19.4. The molecule has 0 spiro atoms. The van der Waals surface area contributed by atoms with Crippen molar-refractivity contribution < 1.29 is 9.13 Å². The van der Waals surface area contributed by atoms with Crippen LogP contribution in [-0.2, 0) is 0 Å². The molecule has 5 nitrogen and oxygen atoms in total. The van der Waals surface area contributed by atoms with E-state index in [2.05, 4.69) is 31.3 Å². The standard InChI is InChI=1S/C10H8BrFN4O/c11-6-3-1-2-4-8(6)17-9-7(12)5-14-10(15-9)16-13/h1-5H,13H2,(H,14,15,16). The highest BCUT2D eigenvalue weighted by atomic mass is 79.9. The summed E-state index contributed by atoms with van der Waals surface area (Å²) in [4.78, 5) is 7.37. The van der Waals surface area contributed by atoms with E-state index in [9.17, 15) is 4.39 Å². The summed E-state index contributed by atoms with van der Waals surface area (Å²) in [6.45, 7) is 0. The lowest BCUT2D eigenvalue weighted by atomic mass is 10.3. The first-order valence-electron chi connectivity index (χ1n) is 4.62. The van der Waals surface area contributed by atoms with Crippen LogP contribution in [0, 0.1) is 5.82 Å². The van der Waals surface area contributed by atoms with Gasteiger partial charge >= 0.3 is 0 Å². The Kier molecular flexibility index (Phi) is 3.50. The highest BCUT2D eigenvalue weighted by Gasteiger charge is 2.10. The van der Waals surface area contributed by atoms with Crippen molar-refractivity contribution in [2.24, 2.45) is 5.84 Å². The fraction of sp³-hybridized carbons (Fsp3) is 0. The summed E-state index contributed by atoms with van der Waals surface area (Å²) in [5.41, 5.74) is 2.21. The van der Waals surface area contributed by atoms with Crippen molar-refractivity contribution in [3.05, 3.63) is 40.8 Å². The first-order valence-corrected chi connectivity index (χ1v) is 5.41. The lowest BCUT2D eigenvalue weighted by Gasteiger charge is -2.07. The molecule has 0 unspecified atom stereocenters. The van der Waals surface area contributed by atoms with Crippen LogP contribution in [0.4, 0.5) is 10.3 Å². The first kappa shape index (κ1) is 11.7.